The molecule has 0 fully saturated rings. The van der Waals surface area contributed by atoms with Crippen LogP contribution in [0.1, 0.15) is 22.8 Å². The minimum Gasteiger partial charge on any atom is -0.457 e. The molecule has 0 atom stereocenters. The molecule has 0 aromatic heterocycles. The van der Waals surface area contributed by atoms with E-state index in [4.69, 9.17) is 4.74 Å². The topological polar surface area (TPSA) is 55.4 Å². The zero-order chi connectivity index (χ0) is 15.2. The minimum atomic E-state index is -0.508. The van der Waals surface area contributed by atoms with Crippen LogP contribution in [0.15, 0.2) is 48.5 Å². The van der Waals surface area contributed by atoms with Gasteiger partial charge in [0.25, 0.3) is 0 Å². The largest absolute Gasteiger partial charge is 0.457 e. The molecule has 0 heterocycles. The van der Waals surface area contributed by atoms with Gasteiger partial charge >= 0.3 is 5.97 Å². The summed E-state index contributed by atoms with van der Waals surface area (Å²) in [6.45, 7) is 1.45. The van der Waals surface area contributed by atoms with Crippen LogP contribution in [-0.2, 0) is 16.1 Å². The SMILES string of the molecule is CC(=O)Nc1cccc(C(=O)OCc2ccc(F)cc2)c1. The van der Waals surface area contributed by atoms with Gasteiger partial charge in [0, 0.05) is 12.6 Å². The van der Waals surface area contributed by atoms with Crippen molar-refractivity contribution >= 4 is 17.6 Å². The van der Waals surface area contributed by atoms with Gasteiger partial charge in [0.2, 0.25) is 5.91 Å². The fourth-order valence-electron chi connectivity index (χ4n) is 1.74. The molecule has 0 saturated carbocycles. The first-order chi connectivity index (χ1) is 10.0. The molecule has 1 amide bonds. The van der Waals surface area contributed by atoms with Crippen LogP contribution in [-0.4, -0.2) is 11.9 Å². The van der Waals surface area contributed by atoms with Gasteiger partial charge < -0.3 is 10.1 Å². The summed E-state index contributed by atoms with van der Waals surface area (Å²) in [7, 11) is 0. The summed E-state index contributed by atoms with van der Waals surface area (Å²) in [5.74, 6) is -1.06. The molecule has 1 N–H and O–H groups in total. The quantitative estimate of drug-likeness (QED) is 0.879. The molecule has 2 aromatic rings. The van der Waals surface area contributed by atoms with Crippen LogP contribution in [0.4, 0.5) is 10.1 Å². The molecule has 0 saturated heterocycles. The summed E-state index contributed by atoms with van der Waals surface area (Å²) in [6.07, 6.45) is 0. The first-order valence-corrected chi connectivity index (χ1v) is 6.34. The molecular formula is C16H14FNO3. The number of anilines is 1. The standard InChI is InChI=1S/C16H14FNO3/c1-11(19)18-15-4-2-3-13(9-15)16(20)21-10-12-5-7-14(17)8-6-12/h2-9H,10H2,1H3,(H,18,19). The molecule has 5 heteroatoms. The first kappa shape index (κ1) is 14.7. The predicted molar refractivity (Wildman–Crippen MR) is 76.3 cm³/mol. The number of rotatable bonds is 4. The third kappa shape index (κ3) is 4.42. The van der Waals surface area contributed by atoms with Crippen LogP contribution >= 0.6 is 0 Å². The van der Waals surface area contributed by atoms with E-state index in [1.165, 1.54) is 25.1 Å². The van der Waals surface area contributed by atoms with E-state index in [0.717, 1.165) is 0 Å². The van der Waals surface area contributed by atoms with Crippen molar-refractivity contribution in [2.24, 2.45) is 0 Å². The highest BCUT2D eigenvalue weighted by molar-refractivity contribution is 5.93. The molecule has 0 aliphatic rings. The van der Waals surface area contributed by atoms with Crippen molar-refractivity contribution < 1.29 is 18.7 Å². The van der Waals surface area contributed by atoms with Gasteiger partial charge in [0.1, 0.15) is 12.4 Å². The van der Waals surface area contributed by atoms with E-state index in [1.807, 2.05) is 0 Å². The lowest BCUT2D eigenvalue weighted by atomic mass is 10.2. The molecule has 0 bridgehead atoms. The number of hydrogen-bond donors (Lipinski definition) is 1. The summed E-state index contributed by atoms with van der Waals surface area (Å²) in [5.41, 5.74) is 1.56. The van der Waals surface area contributed by atoms with E-state index >= 15 is 0 Å². The van der Waals surface area contributed by atoms with Crippen LogP contribution in [0.25, 0.3) is 0 Å². The molecule has 4 nitrogen and oxygen atoms in total. The Morgan fingerprint density at radius 2 is 1.86 bits per heavy atom. The van der Waals surface area contributed by atoms with E-state index in [2.05, 4.69) is 5.32 Å². The summed E-state index contributed by atoms with van der Waals surface area (Å²) < 4.78 is 17.9. The van der Waals surface area contributed by atoms with Gasteiger partial charge in [-0.3, -0.25) is 4.79 Å². The Morgan fingerprint density at radius 1 is 1.14 bits per heavy atom. The summed E-state index contributed by atoms with van der Waals surface area (Å²) in [5, 5.41) is 2.59. The van der Waals surface area contributed by atoms with Crippen molar-refractivity contribution in [2.75, 3.05) is 5.32 Å². The predicted octanol–water partition coefficient (Wildman–Crippen LogP) is 3.14. The Balaban J connectivity index is 1.99. The fourth-order valence-corrected chi connectivity index (χ4v) is 1.74. The Labute approximate surface area is 121 Å². The lowest BCUT2D eigenvalue weighted by Crippen LogP contribution is -2.08. The Kier molecular flexibility index (Phi) is 4.66. The second-order valence-corrected chi connectivity index (χ2v) is 4.46. The number of amides is 1. The fraction of sp³-hybridized carbons (Fsp3) is 0.125. The molecule has 0 radical (unpaired) electrons. The summed E-state index contributed by atoms with van der Waals surface area (Å²) in [6, 6.07) is 12.2. The zero-order valence-electron chi connectivity index (χ0n) is 11.4. The van der Waals surface area contributed by atoms with E-state index in [9.17, 15) is 14.0 Å². The van der Waals surface area contributed by atoms with Crippen molar-refractivity contribution in [1.82, 2.24) is 0 Å². The lowest BCUT2D eigenvalue weighted by Gasteiger charge is -2.07. The smallest absolute Gasteiger partial charge is 0.338 e. The van der Waals surface area contributed by atoms with Crippen LogP contribution in [0.3, 0.4) is 0 Å². The van der Waals surface area contributed by atoms with Gasteiger partial charge in [-0.1, -0.05) is 18.2 Å². The number of benzene rings is 2. The Hall–Kier alpha value is -2.69. The number of esters is 1. The van der Waals surface area contributed by atoms with Crippen molar-refractivity contribution in [1.29, 1.82) is 0 Å². The van der Waals surface area contributed by atoms with Gasteiger partial charge in [0.05, 0.1) is 5.56 Å². The van der Waals surface area contributed by atoms with Crippen LogP contribution in [0, 0.1) is 5.82 Å². The number of ether oxygens (including phenoxy) is 1. The van der Waals surface area contributed by atoms with Crippen LogP contribution < -0.4 is 5.32 Å². The van der Waals surface area contributed by atoms with Gasteiger partial charge in [-0.2, -0.15) is 0 Å². The number of carbonyl (C=O) groups is 2. The Morgan fingerprint density at radius 3 is 2.52 bits per heavy atom. The molecular weight excluding hydrogens is 273 g/mol. The average Bonchev–Trinajstić information content (AvgIpc) is 2.46. The molecule has 21 heavy (non-hydrogen) atoms. The average molecular weight is 287 g/mol. The first-order valence-electron chi connectivity index (χ1n) is 6.34. The van der Waals surface area contributed by atoms with E-state index in [1.54, 1.807) is 30.3 Å². The maximum absolute atomic E-state index is 12.8. The van der Waals surface area contributed by atoms with Gasteiger partial charge in [-0.05, 0) is 35.9 Å². The van der Waals surface area contributed by atoms with E-state index in [-0.39, 0.29) is 18.3 Å². The molecule has 0 aliphatic heterocycles. The third-order valence-corrected chi connectivity index (χ3v) is 2.70. The van der Waals surface area contributed by atoms with Gasteiger partial charge in [-0.15, -0.1) is 0 Å². The van der Waals surface area contributed by atoms with Gasteiger partial charge in [0.15, 0.2) is 0 Å². The van der Waals surface area contributed by atoms with Crippen LogP contribution in [0.5, 0.6) is 0 Å². The Bertz CT molecular complexity index is 653. The molecule has 0 spiro atoms. The molecule has 2 aromatic carbocycles. The molecule has 0 unspecified atom stereocenters. The van der Waals surface area contributed by atoms with Crippen molar-refractivity contribution in [3.8, 4) is 0 Å². The molecule has 108 valence electrons. The lowest BCUT2D eigenvalue weighted by molar-refractivity contribution is -0.114. The highest BCUT2D eigenvalue weighted by Gasteiger charge is 2.08. The second kappa shape index (κ2) is 6.65. The third-order valence-electron chi connectivity index (χ3n) is 2.70. The second-order valence-electron chi connectivity index (χ2n) is 4.46. The minimum absolute atomic E-state index is 0.0590. The van der Waals surface area contributed by atoms with Crippen molar-refractivity contribution in [3.63, 3.8) is 0 Å². The van der Waals surface area contributed by atoms with E-state index < -0.39 is 5.97 Å². The van der Waals surface area contributed by atoms with Crippen LogP contribution in [0.2, 0.25) is 0 Å². The summed E-state index contributed by atoms with van der Waals surface area (Å²) in [4.78, 5) is 22.9. The number of nitrogens with one attached hydrogen (secondary N) is 1. The van der Waals surface area contributed by atoms with E-state index in [0.29, 0.717) is 16.8 Å². The summed E-state index contributed by atoms with van der Waals surface area (Å²) >= 11 is 0. The van der Waals surface area contributed by atoms with Crippen molar-refractivity contribution in [2.45, 2.75) is 13.5 Å². The number of carbonyl (C=O) groups excluding carboxylic acids is 2. The maximum atomic E-state index is 12.8. The monoisotopic (exact) mass is 287 g/mol. The molecule has 0 aliphatic carbocycles. The van der Waals surface area contributed by atoms with Gasteiger partial charge in [-0.25, -0.2) is 9.18 Å². The zero-order valence-corrected chi connectivity index (χ0v) is 11.4. The number of halogens is 1. The maximum Gasteiger partial charge on any atom is 0.338 e. The molecule has 2 rings (SSSR count). The number of hydrogen-bond acceptors (Lipinski definition) is 3. The van der Waals surface area contributed by atoms with Crippen molar-refractivity contribution in [3.05, 3.63) is 65.5 Å². The highest BCUT2D eigenvalue weighted by atomic mass is 19.1. The highest BCUT2D eigenvalue weighted by Crippen LogP contribution is 2.13. The normalized spacial score (nSPS) is 10.0.